The number of hydrogen-bond donors (Lipinski definition) is 2. The largest absolute Gasteiger partial charge is 0.475 e. The molecule has 0 unspecified atom stereocenters. The van der Waals surface area contributed by atoms with E-state index in [1.807, 2.05) is 18.2 Å². The number of carboxylic acids is 1. The molecule has 2 N–H and O–H groups in total. The van der Waals surface area contributed by atoms with Crippen LogP contribution in [0.4, 0.5) is 0 Å². The Labute approximate surface area is 102 Å². The summed E-state index contributed by atoms with van der Waals surface area (Å²) in [5.41, 5.74) is 2.12. The maximum absolute atomic E-state index is 10.8. The van der Waals surface area contributed by atoms with Crippen molar-refractivity contribution >= 4 is 17.7 Å². The minimum atomic E-state index is -1.01. The van der Waals surface area contributed by atoms with Gasteiger partial charge in [0.1, 0.15) is 5.03 Å². The average molecular weight is 246 g/mol. The predicted octanol–water partition coefficient (Wildman–Crippen LogP) is 2.35. The summed E-state index contributed by atoms with van der Waals surface area (Å²) in [5.74, 6) is 0.157. The van der Waals surface area contributed by atoms with Gasteiger partial charge in [0.05, 0.1) is 5.69 Å². The van der Waals surface area contributed by atoms with Crippen LogP contribution in [-0.2, 0) is 0 Å². The standard InChI is InChI=1S/C12H10N2O2S/c15-12(16)10-13-9-8(6-17-11(9)14-10)7-4-2-1-3-5-7/h1-5,8H,6H2,(H,13,14)(H,15,16)/t8-/m0/s1. The highest BCUT2D eigenvalue weighted by molar-refractivity contribution is 7.99. The van der Waals surface area contributed by atoms with Crippen LogP contribution in [0.3, 0.4) is 0 Å². The molecule has 5 heteroatoms. The third kappa shape index (κ3) is 1.72. The van der Waals surface area contributed by atoms with Gasteiger partial charge in [0.15, 0.2) is 0 Å². The summed E-state index contributed by atoms with van der Waals surface area (Å²) in [4.78, 5) is 17.8. The fourth-order valence-electron chi connectivity index (χ4n) is 2.01. The van der Waals surface area contributed by atoms with E-state index in [-0.39, 0.29) is 11.7 Å². The van der Waals surface area contributed by atoms with Crippen LogP contribution < -0.4 is 0 Å². The molecule has 2 aromatic rings. The molecule has 0 aliphatic carbocycles. The summed E-state index contributed by atoms with van der Waals surface area (Å²) in [7, 11) is 0. The second kappa shape index (κ2) is 3.92. The van der Waals surface area contributed by atoms with E-state index < -0.39 is 5.97 Å². The Balaban J connectivity index is 2.01. The van der Waals surface area contributed by atoms with Crippen molar-refractivity contribution in [2.45, 2.75) is 10.9 Å². The molecular formula is C12H10N2O2S. The normalized spacial score (nSPS) is 18.0. The van der Waals surface area contributed by atoms with Crippen molar-refractivity contribution in [1.82, 2.24) is 9.97 Å². The van der Waals surface area contributed by atoms with E-state index in [4.69, 9.17) is 5.11 Å². The van der Waals surface area contributed by atoms with Crippen molar-refractivity contribution in [2.75, 3.05) is 5.75 Å². The first kappa shape index (κ1) is 10.4. The van der Waals surface area contributed by atoms with Crippen molar-refractivity contribution in [2.24, 2.45) is 0 Å². The minimum absolute atomic E-state index is 0.0307. The van der Waals surface area contributed by atoms with E-state index in [9.17, 15) is 4.79 Å². The van der Waals surface area contributed by atoms with Crippen LogP contribution in [0.2, 0.25) is 0 Å². The Hall–Kier alpha value is -1.75. The van der Waals surface area contributed by atoms with Gasteiger partial charge < -0.3 is 10.1 Å². The molecule has 17 heavy (non-hydrogen) atoms. The monoisotopic (exact) mass is 246 g/mol. The third-order valence-electron chi connectivity index (χ3n) is 2.84. The van der Waals surface area contributed by atoms with Crippen molar-refractivity contribution in [1.29, 1.82) is 0 Å². The van der Waals surface area contributed by atoms with Crippen molar-refractivity contribution < 1.29 is 9.90 Å². The topological polar surface area (TPSA) is 66.0 Å². The van der Waals surface area contributed by atoms with Crippen LogP contribution in [0.15, 0.2) is 35.4 Å². The lowest BCUT2D eigenvalue weighted by molar-refractivity contribution is 0.0684. The first-order chi connectivity index (χ1) is 8.25. The average Bonchev–Trinajstić information content (AvgIpc) is 2.89. The van der Waals surface area contributed by atoms with Gasteiger partial charge in [-0.2, -0.15) is 0 Å². The molecule has 0 fully saturated rings. The van der Waals surface area contributed by atoms with E-state index in [0.29, 0.717) is 0 Å². The Morgan fingerprint density at radius 2 is 2.18 bits per heavy atom. The van der Waals surface area contributed by atoms with Gasteiger partial charge >= 0.3 is 5.97 Å². The summed E-state index contributed by atoms with van der Waals surface area (Å²) in [6.07, 6.45) is 0. The van der Waals surface area contributed by atoms with E-state index in [1.54, 1.807) is 11.8 Å². The zero-order valence-electron chi connectivity index (χ0n) is 8.88. The molecule has 4 nitrogen and oxygen atoms in total. The summed E-state index contributed by atoms with van der Waals surface area (Å²) >= 11 is 1.60. The number of carbonyl (C=O) groups is 1. The molecule has 3 rings (SSSR count). The van der Waals surface area contributed by atoms with Gasteiger partial charge in [0.2, 0.25) is 5.82 Å². The SMILES string of the molecule is O=C(O)c1nc2c([nH]1)[C@H](c1ccccc1)CS2. The van der Waals surface area contributed by atoms with E-state index in [0.717, 1.165) is 16.5 Å². The van der Waals surface area contributed by atoms with E-state index in [2.05, 4.69) is 22.1 Å². The zero-order valence-corrected chi connectivity index (χ0v) is 9.70. The maximum atomic E-state index is 10.8. The van der Waals surface area contributed by atoms with Gasteiger partial charge in [-0.3, -0.25) is 0 Å². The molecule has 0 saturated heterocycles. The second-order valence-electron chi connectivity index (χ2n) is 3.88. The predicted molar refractivity (Wildman–Crippen MR) is 64.6 cm³/mol. The molecule has 86 valence electrons. The molecular weight excluding hydrogens is 236 g/mol. The lowest BCUT2D eigenvalue weighted by atomic mass is 9.99. The van der Waals surface area contributed by atoms with Crippen molar-refractivity contribution in [3.05, 3.63) is 47.4 Å². The van der Waals surface area contributed by atoms with Crippen LogP contribution >= 0.6 is 11.8 Å². The first-order valence-electron chi connectivity index (χ1n) is 5.26. The number of H-pyrrole nitrogens is 1. The highest BCUT2D eigenvalue weighted by Crippen LogP contribution is 2.41. The number of nitrogens with zero attached hydrogens (tertiary/aromatic N) is 1. The van der Waals surface area contributed by atoms with Crippen LogP contribution in [0.5, 0.6) is 0 Å². The summed E-state index contributed by atoms with van der Waals surface area (Å²) in [5, 5.41) is 9.71. The summed E-state index contributed by atoms with van der Waals surface area (Å²) in [6.45, 7) is 0. The smallest absolute Gasteiger partial charge is 0.371 e. The van der Waals surface area contributed by atoms with Gasteiger partial charge in [-0.25, -0.2) is 9.78 Å². The highest BCUT2D eigenvalue weighted by Gasteiger charge is 2.29. The van der Waals surface area contributed by atoms with Gasteiger partial charge in [0, 0.05) is 11.7 Å². The quantitative estimate of drug-likeness (QED) is 0.853. The molecule has 1 atom stereocenters. The number of aromatic amines is 1. The number of carboxylic acid groups (broad SMARTS) is 1. The Bertz CT molecular complexity index is 565. The Morgan fingerprint density at radius 3 is 2.88 bits per heavy atom. The van der Waals surface area contributed by atoms with Gasteiger partial charge in [-0.1, -0.05) is 30.3 Å². The van der Waals surface area contributed by atoms with Crippen molar-refractivity contribution in [3.63, 3.8) is 0 Å². The van der Waals surface area contributed by atoms with Crippen LogP contribution in [0.1, 0.15) is 27.8 Å². The molecule has 2 heterocycles. The number of nitrogens with one attached hydrogen (secondary N) is 1. The molecule has 0 saturated carbocycles. The summed E-state index contributed by atoms with van der Waals surface area (Å²) < 4.78 is 0. The maximum Gasteiger partial charge on any atom is 0.371 e. The van der Waals surface area contributed by atoms with E-state index in [1.165, 1.54) is 5.56 Å². The molecule has 1 aliphatic rings. The van der Waals surface area contributed by atoms with Gasteiger partial charge in [-0.15, -0.1) is 11.8 Å². The number of hydrogen-bond acceptors (Lipinski definition) is 3. The number of imidazole rings is 1. The number of fused-ring (bicyclic) bond motifs is 1. The minimum Gasteiger partial charge on any atom is -0.475 e. The number of thioether (sulfide) groups is 1. The van der Waals surface area contributed by atoms with Crippen molar-refractivity contribution in [3.8, 4) is 0 Å². The first-order valence-corrected chi connectivity index (χ1v) is 6.25. The number of aromatic carboxylic acids is 1. The molecule has 0 radical (unpaired) electrons. The fraction of sp³-hybridized carbons (Fsp3) is 0.167. The van der Waals surface area contributed by atoms with Crippen LogP contribution in [0.25, 0.3) is 0 Å². The Kier molecular flexibility index (Phi) is 2.40. The van der Waals surface area contributed by atoms with E-state index >= 15 is 0 Å². The molecule has 0 amide bonds. The van der Waals surface area contributed by atoms with Crippen LogP contribution in [0, 0.1) is 0 Å². The van der Waals surface area contributed by atoms with Gasteiger partial charge in [0.25, 0.3) is 0 Å². The zero-order chi connectivity index (χ0) is 11.8. The Morgan fingerprint density at radius 1 is 1.41 bits per heavy atom. The second-order valence-corrected chi connectivity index (χ2v) is 4.89. The lowest BCUT2D eigenvalue weighted by Crippen LogP contribution is -2.03. The molecule has 0 bridgehead atoms. The number of aromatic nitrogens is 2. The summed E-state index contributed by atoms with van der Waals surface area (Å²) in [6, 6.07) is 10.1. The number of benzene rings is 1. The van der Waals surface area contributed by atoms with Gasteiger partial charge in [-0.05, 0) is 5.56 Å². The fourth-order valence-corrected chi connectivity index (χ4v) is 3.20. The van der Waals surface area contributed by atoms with Crippen LogP contribution in [-0.4, -0.2) is 26.8 Å². The lowest BCUT2D eigenvalue weighted by Gasteiger charge is -2.08. The molecule has 1 aromatic carbocycles. The highest BCUT2D eigenvalue weighted by atomic mass is 32.2. The number of rotatable bonds is 2. The molecule has 1 aromatic heterocycles. The molecule has 1 aliphatic heterocycles. The molecule has 0 spiro atoms. The third-order valence-corrected chi connectivity index (χ3v) is 3.92.